The van der Waals surface area contributed by atoms with Gasteiger partial charge in [-0.05, 0) is 31.5 Å². The van der Waals surface area contributed by atoms with Gasteiger partial charge in [0.2, 0.25) is 0 Å². The fourth-order valence-electron chi connectivity index (χ4n) is 2.00. The lowest BCUT2D eigenvalue weighted by Gasteiger charge is -2.16. The molecule has 0 bridgehead atoms. The fraction of sp³-hybridized carbons (Fsp3) is 0.357. The summed E-state index contributed by atoms with van der Waals surface area (Å²) in [5.74, 6) is 5.64. The molecule has 0 spiro atoms. The van der Waals surface area contributed by atoms with Gasteiger partial charge >= 0.3 is 0 Å². The minimum Gasteiger partial charge on any atom is -0.271 e. The minimum atomic E-state index is -0.0378. The zero-order chi connectivity index (χ0) is 13.8. The van der Waals surface area contributed by atoms with Gasteiger partial charge in [-0.1, -0.05) is 29.8 Å². The molecule has 1 aromatic carbocycles. The van der Waals surface area contributed by atoms with E-state index in [4.69, 9.17) is 17.4 Å². The number of hydrogen-bond acceptors (Lipinski definition) is 3. The summed E-state index contributed by atoms with van der Waals surface area (Å²) in [6.45, 7) is 4.20. The van der Waals surface area contributed by atoms with Crippen LogP contribution in [0.25, 0.3) is 0 Å². The molecule has 3 N–H and O–H groups in total. The van der Waals surface area contributed by atoms with E-state index in [1.807, 2.05) is 41.2 Å². The average molecular weight is 279 g/mol. The highest BCUT2D eigenvalue weighted by Crippen LogP contribution is 2.24. The summed E-state index contributed by atoms with van der Waals surface area (Å²) >= 11 is 6.20. The third-order valence-corrected chi connectivity index (χ3v) is 3.43. The minimum absolute atomic E-state index is 0.0378. The second-order valence-electron chi connectivity index (χ2n) is 4.83. The van der Waals surface area contributed by atoms with E-state index >= 15 is 0 Å². The monoisotopic (exact) mass is 278 g/mol. The molecule has 0 aliphatic carbocycles. The molecule has 0 saturated heterocycles. The van der Waals surface area contributed by atoms with E-state index in [9.17, 15) is 0 Å². The zero-order valence-electron chi connectivity index (χ0n) is 11.2. The summed E-state index contributed by atoms with van der Waals surface area (Å²) < 4.78 is 1.94. The molecule has 1 unspecified atom stereocenters. The van der Waals surface area contributed by atoms with Crippen LogP contribution in [0.1, 0.15) is 37.2 Å². The van der Waals surface area contributed by atoms with Gasteiger partial charge in [-0.25, -0.2) is 0 Å². The molecule has 2 aromatic rings. The van der Waals surface area contributed by atoms with E-state index in [0.29, 0.717) is 17.5 Å². The molecular weight excluding hydrogens is 260 g/mol. The van der Waals surface area contributed by atoms with E-state index in [1.54, 1.807) is 0 Å². The molecule has 0 aliphatic heterocycles. The van der Waals surface area contributed by atoms with Gasteiger partial charge < -0.3 is 0 Å². The van der Waals surface area contributed by atoms with Crippen molar-refractivity contribution < 1.29 is 0 Å². The summed E-state index contributed by atoms with van der Waals surface area (Å²) in [6, 6.07) is 10.1. The Hall–Kier alpha value is -1.36. The van der Waals surface area contributed by atoms with Crippen LogP contribution < -0.4 is 11.3 Å². The van der Waals surface area contributed by atoms with Crippen LogP contribution in [0.3, 0.4) is 0 Å². The third kappa shape index (κ3) is 3.35. The highest BCUT2D eigenvalue weighted by Gasteiger charge is 2.15. The summed E-state index contributed by atoms with van der Waals surface area (Å²) in [5.41, 5.74) is 4.80. The first-order valence-corrected chi connectivity index (χ1v) is 6.74. The van der Waals surface area contributed by atoms with Gasteiger partial charge in [0.1, 0.15) is 0 Å². The van der Waals surface area contributed by atoms with E-state index in [-0.39, 0.29) is 6.04 Å². The number of rotatable bonds is 5. The summed E-state index contributed by atoms with van der Waals surface area (Å²) in [4.78, 5) is 0. The molecule has 1 atom stereocenters. The SMILES string of the molecule is CC(C)n1ccc(CC(NN)c2ccccc2Cl)n1. The quantitative estimate of drug-likeness (QED) is 0.653. The molecule has 2 rings (SSSR count). The summed E-state index contributed by atoms with van der Waals surface area (Å²) in [7, 11) is 0. The molecule has 0 aliphatic rings. The Bertz CT molecular complexity index is 536. The first kappa shape index (κ1) is 14.1. The van der Waals surface area contributed by atoms with Crippen molar-refractivity contribution in [2.75, 3.05) is 0 Å². The normalized spacial score (nSPS) is 12.9. The number of halogens is 1. The number of benzene rings is 1. The predicted molar refractivity (Wildman–Crippen MR) is 77.8 cm³/mol. The van der Waals surface area contributed by atoms with Crippen molar-refractivity contribution in [3.63, 3.8) is 0 Å². The van der Waals surface area contributed by atoms with Crippen molar-refractivity contribution in [3.05, 3.63) is 52.8 Å². The van der Waals surface area contributed by atoms with Crippen LogP contribution in [0.4, 0.5) is 0 Å². The van der Waals surface area contributed by atoms with Crippen molar-refractivity contribution in [1.29, 1.82) is 0 Å². The molecule has 102 valence electrons. The molecule has 0 fully saturated rings. The second-order valence-corrected chi connectivity index (χ2v) is 5.23. The molecule has 19 heavy (non-hydrogen) atoms. The molecule has 1 aromatic heterocycles. The maximum atomic E-state index is 6.20. The Morgan fingerprint density at radius 3 is 2.63 bits per heavy atom. The van der Waals surface area contributed by atoms with Crippen molar-refractivity contribution >= 4 is 11.6 Å². The van der Waals surface area contributed by atoms with Crippen LogP contribution in [0.5, 0.6) is 0 Å². The van der Waals surface area contributed by atoms with Gasteiger partial charge in [-0.2, -0.15) is 5.10 Å². The van der Waals surface area contributed by atoms with E-state index in [1.165, 1.54) is 0 Å². The van der Waals surface area contributed by atoms with Gasteiger partial charge in [0.25, 0.3) is 0 Å². The molecular formula is C14H19ClN4. The first-order valence-electron chi connectivity index (χ1n) is 6.36. The van der Waals surface area contributed by atoms with Crippen LogP contribution in [-0.4, -0.2) is 9.78 Å². The van der Waals surface area contributed by atoms with Crippen LogP contribution in [0.2, 0.25) is 5.02 Å². The number of nitrogens with zero attached hydrogens (tertiary/aromatic N) is 2. The topological polar surface area (TPSA) is 55.9 Å². The summed E-state index contributed by atoms with van der Waals surface area (Å²) in [5, 5.41) is 5.25. The fourth-order valence-corrected chi connectivity index (χ4v) is 2.27. The number of hydrazine groups is 1. The Morgan fingerprint density at radius 1 is 1.32 bits per heavy atom. The van der Waals surface area contributed by atoms with Gasteiger partial charge in [-0.15, -0.1) is 0 Å². The van der Waals surface area contributed by atoms with Crippen LogP contribution in [-0.2, 0) is 6.42 Å². The standard InChI is InChI=1S/C14H19ClN4/c1-10(2)19-8-7-11(18-19)9-14(17-16)12-5-3-4-6-13(12)15/h3-8,10,14,17H,9,16H2,1-2H3. The van der Waals surface area contributed by atoms with Gasteiger partial charge in [-0.3, -0.25) is 16.0 Å². The van der Waals surface area contributed by atoms with Crippen LogP contribution >= 0.6 is 11.6 Å². The lowest BCUT2D eigenvalue weighted by molar-refractivity contribution is 0.507. The molecule has 0 amide bonds. The Labute approximate surface area is 118 Å². The number of aromatic nitrogens is 2. The molecule has 5 heteroatoms. The van der Waals surface area contributed by atoms with E-state index in [2.05, 4.69) is 24.4 Å². The first-order chi connectivity index (χ1) is 9.11. The Balaban J connectivity index is 2.17. The number of nitrogens with one attached hydrogen (secondary N) is 1. The van der Waals surface area contributed by atoms with Gasteiger partial charge in [0.15, 0.2) is 0 Å². The summed E-state index contributed by atoms with van der Waals surface area (Å²) in [6.07, 6.45) is 2.69. The Kier molecular flexibility index (Phi) is 4.58. The molecule has 1 heterocycles. The van der Waals surface area contributed by atoms with Crippen molar-refractivity contribution in [2.24, 2.45) is 5.84 Å². The smallest absolute Gasteiger partial charge is 0.0644 e. The molecule has 0 saturated carbocycles. The molecule has 0 radical (unpaired) electrons. The molecule has 4 nitrogen and oxygen atoms in total. The Morgan fingerprint density at radius 2 is 2.05 bits per heavy atom. The number of nitrogens with two attached hydrogens (primary N) is 1. The third-order valence-electron chi connectivity index (χ3n) is 3.09. The maximum absolute atomic E-state index is 6.20. The zero-order valence-corrected chi connectivity index (χ0v) is 11.9. The van der Waals surface area contributed by atoms with Crippen LogP contribution in [0.15, 0.2) is 36.5 Å². The maximum Gasteiger partial charge on any atom is 0.0644 e. The van der Waals surface area contributed by atoms with Crippen LogP contribution in [0, 0.1) is 0 Å². The largest absolute Gasteiger partial charge is 0.271 e. The van der Waals surface area contributed by atoms with Crippen molar-refractivity contribution in [1.82, 2.24) is 15.2 Å². The average Bonchev–Trinajstić information content (AvgIpc) is 2.86. The lowest BCUT2D eigenvalue weighted by atomic mass is 10.0. The van der Waals surface area contributed by atoms with Crippen molar-refractivity contribution in [3.8, 4) is 0 Å². The highest BCUT2D eigenvalue weighted by molar-refractivity contribution is 6.31. The lowest BCUT2D eigenvalue weighted by Crippen LogP contribution is -2.30. The second kappa shape index (κ2) is 6.19. The van der Waals surface area contributed by atoms with Gasteiger partial charge in [0.05, 0.1) is 11.7 Å². The van der Waals surface area contributed by atoms with Crippen molar-refractivity contribution in [2.45, 2.75) is 32.4 Å². The number of hydrogen-bond donors (Lipinski definition) is 2. The highest BCUT2D eigenvalue weighted by atomic mass is 35.5. The van der Waals surface area contributed by atoms with E-state index in [0.717, 1.165) is 11.3 Å². The van der Waals surface area contributed by atoms with Gasteiger partial charge in [0, 0.05) is 23.7 Å². The predicted octanol–water partition coefficient (Wildman–Crippen LogP) is 2.86. The van der Waals surface area contributed by atoms with E-state index < -0.39 is 0 Å².